The highest BCUT2D eigenvalue weighted by Crippen LogP contribution is 2.28. The van der Waals surface area contributed by atoms with E-state index in [2.05, 4.69) is 41.8 Å². The molecule has 38 heavy (non-hydrogen) atoms. The van der Waals surface area contributed by atoms with Gasteiger partial charge in [0.1, 0.15) is 6.61 Å². The Morgan fingerprint density at radius 3 is 2.63 bits per heavy atom. The minimum absolute atomic E-state index is 0.121. The summed E-state index contributed by atoms with van der Waals surface area (Å²) in [5.41, 5.74) is 5.17. The number of unbranched alkanes of at least 4 members (excludes halogenated alkanes) is 2. The van der Waals surface area contributed by atoms with Gasteiger partial charge in [0.2, 0.25) is 0 Å². The largest absolute Gasteiger partial charge is 0.465 e. The summed E-state index contributed by atoms with van der Waals surface area (Å²) < 4.78 is 13.5. The molecule has 3 rings (SSSR count). The molecule has 206 valence electrons. The molecular formula is C30H42N4O4. The monoisotopic (exact) mass is 522 g/mol. The van der Waals surface area contributed by atoms with E-state index in [1.807, 2.05) is 36.9 Å². The number of benzene rings is 1. The topological polar surface area (TPSA) is 99.1 Å². The molecule has 1 N–H and O–H groups in total. The highest BCUT2D eigenvalue weighted by Gasteiger charge is 2.30. The fraction of sp³-hybridized carbons (Fsp3) is 0.533. The van der Waals surface area contributed by atoms with Crippen molar-refractivity contribution in [3.8, 4) is 0 Å². The Bertz CT molecular complexity index is 1150. The van der Waals surface area contributed by atoms with Crippen molar-refractivity contribution in [1.82, 2.24) is 19.5 Å². The van der Waals surface area contributed by atoms with E-state index >= 15 is 0 Å². The summed E-state index contributed by atoms with van der Waals surface area (Å²) >= 11 is 0. The third-order valence-electron chi connectivity index (χ3n) is 7.43. The van der Waals surface area contributed by atoms with Gasteiger partial charge in [-0.2, -0.15) is 0 Å². The SMILES string of the molecule is CCCCCC(=O)OC[C@H](Cc1cncn1C)C(CC)C(=O)OCc1cccc([C@H](C)c2c[nH]cn2)c1C. The first-order valence-electron chi connectivity index (χ1n) is 13.7. The molecule has 8 heteroatoms. The number of nitrogens with zero attached hydrogens (tertiary/aromatic N) is 3. The first-order valence-corrected chi connectivity index (χ1v) is 13.7. The lowest BCUT2D eigenvalue weighted by Gasteiger charge is -2.25. The number of carbonyl (C=O) groups is 2. The second-order valence-corrected chi connectivity index (χ2v) is 10.1. The maximum Gasteiger partial charge on any atom is 0.309 e. The number of hydrogen-bond donors (Lipinski definition) is 1. The lowest BCUT2D eigenvalue weighted by molar-refractivity contribution is -0.156. The molecule has 0 aliphatic carbocycles. The number of H-pyrrole nitrogens is 1. The molecule has 0 aliphatic heterocycles. The summed E-state index contributed by atoms with van der Waals surface area (Å²) in [5, 5.41) is 0. The zero-order chi connectivity index (χ0) is 27.5. The standard InChI is InChI=1S/C30H42N4O4/c1-6-8-9-13-29(35)37-18-24(14-25-15-32-20-34(25)5)26(7-2)30(36)38-17-23-11-10-12-27(21(23)3)22(4)28-16-31-19-33-28/h10-12,15-16,19-20,22,24,26H,6-9,13-14,17-18H2,1-5H3,(H,31,33)/t22-,24-,26?/m0/s1. The van der Waals surface area contributed by atoms with Crippen LogP contribution < -0.4 is 0 Å². The molecule has 8 nitrogen and oxygen atoms in total. The van der Waals surface area contributed by atoms with Gasteiger partial charge in [-0.05, 0) is 42.9 Å². The molecule has 0 saturated heterocycles. The number of aromatic nitrogens is 4. The Labute approximate surface area is 226 Å². The van der Waals surface area contributed by atoms with Crippen LogP contribution >= 0.6 is 0 Å². The lowest BCUT2D eigenvalue weighted by atomic mass is 9.87. The van der Waals surface area contributed by atoms with Gasteiger partial charge in [0.05, 0.1) is 30.9 Å². The molecular weight excluding hydrogens is 480 g/mol. The van der Waals surface area contributed by atoms with Crippen LogP contribution in [-0.2, 0) is 39.1 Å². The summed E-state index contributed by atoms with van der Waals surface area (Å²) in [6.45, 7) is 8.63. The Balaban J connectivity index is 1.69. The molecule has 2 heterocycles. The minimum atomic E-state index is -0.403. The van der Waals surface area contributed by atoms with Gasteiger partial charge in [-0.15, -0.1) is 0 Å². The summed E-state index contributed by atoms with van der Waals surface area (Å²) in [7, 11) is 1.93. The minimum Gasteiger partial charge on any atom is -0.465 e. The molecule has 3 aromatic rings. The third-order valence-corrected chi connectivity index (χ3v) is 7.43. The number of hydrogen-bond acceptors (Lipinski definition) is 6. The predicted octanol–water partition coefficient (Wildman–Crippen LogP) is 5.66. The molecule has 0 saturated carbocycles. The lowest BCUT2D eigenvalue weighted by Crippen LogP contribution is -2.31. The van der Waals surface area contributed by atoms with Gasteiger partial charge in [-0.3, -0.25) is 9.59 Å². The van der Waals surface area contributed by atoms with Crippen LogP contribution in [0.25, 0.3) is 0 Å². The Morgan fingerprint density at radius 1 is 1.16 bits per heavy atom. The van der Waals surface area contributed by atoms with Gasteiger partial charge in [0.15, 0.2) is 0 Å². The van der Waals surface area contributed by atoms with E-state index < -0.39 is 5.92 Å². The van der Waals surface area contributed by atoms with Gasteiger partial charge in [0, 0.05) is 43.4 Å². The van der Waals surface area contributed by atoms with Gasteiger partial charge < -0.3 is 19.0 Å². The Kier molecular flexibility index (Phi) is 11.1. The van der Waals surface area contributed by atoms with Crippen molar-refractivity contribution >= 4 is 11.9 Å². The smallest absolute Gasteiger partial charge is 0.309 e. The van der Waals surface area contributed by atoms with Gasteiger partial charge in [-0.1, -0.05) is 51.8 Å². The van der Waals surface area contributed by atoms with Crippen LogP contribution in [0.5, 0.6) is 0 Å². The van der Waals surface area contributed by atoms with E-state index in [-0.39, 0.29) is 37.0 Å². The van der Waals surface area contributed by atoms with E-state index in [4.69, 9.17) is 9.47 Å². The summed E-state index contributed by atoms with van der Waals surface area (Å²) in [6, 6.07) is 6.08. The third kappa shape index (κ3) is 7.79. The zero-order valence-electron chi connectivity index (χ0n) is 23.4. The number of aryl methyl sites for hydroxylation is 1. The average molecular weight is 523 g/mol. The maximum atomic E-state index is 13.4. The number of imidazole rings is 2. The van der Waals surface area contributed by atoms with Crippen LogP contribution in [0, 0.1) is 18.8 Å². The van der Waals surface area contributed by atoms with Crippen molar-refractivity contribution in [2.45, 2.75) is 78.7 Å². The van der Waals surface area contributed by atoms with E-state index in [9.17, 15) is 9.59 Å². The molecule has 0 amide bonds. The molecule has 2 aromatic heterocycles. The second kappa shape index (κ2) is 14.5. The van der Waals surface area contributed by atoms with Crippen LogP contribution in [0.15, 0.2) is 43.2 Å². The predicted molar refractivity (Wildman–Crippen MR) is 146 cm³/mol. The fourth-order valence-electron chi connectivity index (χ4n) is 4.90. The van der Waals surface area contributed by atoms with Crippen molar-refractivity contribution in [2.75, 3.05) is 6.61 Å². The molecule has 0 fully saturated rings. The maximum absolute atomic E-state index is 13.4. The fourth-order valence-corrected chi connectivity index (χ4v) is 4.90. The van der Waals surface area contributed by atoms with Gasteiger partial charge in [-0.25, -0.2) is 9.97 Å². The highest BCUT2D eigenvalue weighted by atomic mass is 16.5. The van der Waals surface area contributed by atoms with Crippen LogP contribution in [-0.4, -0.2) is 38.1 Å². The summed E-state index contributed by atoms with van der Waals surface area (Å²) in [6.07, 6.45) is 11.5. The zero-order valence-corrected chi connectivity index (χ0v) is 23.4. The molecule has 0 aliphatic rings. The van der Waals surface area contributed by atoms with E-state index in [0.717, 1.165) is 47.3 Å². The van der Waals surface area contributed by atoms with Crippen LogP contribution in [0.2, 0.25) is 0 Å². The normalized spacial score (nSPS) is 13.6. The Hall–Kier alpha value is -3.42. The number of ether oxygens (including phenoxy) is 2. The van der Waals surface area contributed by atoms with Crippen molar-refractivity contribution < 1.29 is 19.1 Å². The van der Waals surface area contributed by atoms with Crippen molar-refractivity contribution in [2.24, 2.45) is 18.9 Å². The molecule has 0 radical (unpaired) electrons. The first-order chi connectivity index (χ1) is 18.3. The molecule has 1 unspecified atom stereocenters. The van der Waals surface area contributed by atoms with E-state index in [0.29, 0.717) is 19.3 Å². The van der Waals surface area contributed by atoms with Crippen molar-refractivity contribution in [3.05, 3.63) is 71.3 Å². The quantitative estimate of drug-likeness (QED) is 0.204. The van der Waals surface area contributed by atoms with Gasteiger partial charge >= 0.3 is 11.9 Å². The Morgan fingerprint density at radius 2 is 1.97 bits per heavy atom. The van der Waals surface area contributed by atoms with Crippen LogP contribution in [0.4, 0.5) is 0 Å². The average Bonchev–Trinajstić information content (AvgIpc) is 3.59. The van der Waals surface area contributed by atoms with E-state index in [1.165, 1.54) is 0 Å². The van der Waals surface area contributed by atoms with Crippen LogP contribution in [0.1, 0.15) is 86.9 Å². The molecule has 1 aromatic carbocycles. The number of rotatable bonds is 15. The number of carbonyl (C=O) groups excluding carboxylic acids is 2. The molecule has 3 atom stereocenters. The van der Waals surface area contributed by atoms with Crippen LogP contribution in [0.3, 0.4) is 0 Å². The molecule has 0 spiro atoms. The number of aromatic amines is 1. The number of esters is 2. The second-order valence-electron chi connectivity index (χ2n) is 10.1. The molecule has 0 bridgehead atoms. The first kappa shape index (κ1) is 29.1. The van der Waals surface area contributed by atoms with E-state index in [1.54, 1.807) is 18.9 Å². The number of nitrogens with one attached hydrogen (secondary N) is 1. The van der Waals surface area contributed by atoms with Crippen molar-refractivity contribution in [1.29, 1.82) is 0 Å². The van der Waals surface area contributed by atoms with Crippen molar-refractivity contribution in [3.63, 3.8) is 0 Å². The summed E-state index contributed by atoms with van der Waals surface area (Å²) in [5.74, 6) is -0.970. The highest BCUT2D eigenvalue weighted by molar-refractivity contribution is 5.73. The summed E-state index contributed by atoms with van der Waals surface area (Å²) in [4.78, 5) is 37.3. The van der Waals surface area contributed by atoms with Gasteiger partial charge in [0.25, 0.3) is 0 Å².